The zero-order chi connectivity index (χ0) is 11.6. The first-order valence-corrected chi connectivity index (χ1v) is 6.42. The Bertz CT molecular complexity index is 349. The fourth-order valence-electron chi connectivity index (χ4n) is 1.18. The molecule has 0 aromatic carbocycles. The Morgan fingerprint density at radius 2 is 2.20 bits per heavy atom. The summed E-state index contributed by atoms with van der Waals surface area (Å²) in [6.07, 6.45) is 1.51. The SMILES string of the molecule is Cc1sc(CCC(C)(C)C(=O)O)cc1Br. The molecule has 2 nitrogen and oxygen atoms in total. The van der Waals surface area contributed by atoms with E-state index in [2.05, 4.69) is 28.9 Å². The topological polar surface area (TPSA) is 37.3 Å². The standard InChI is InChI=1S/C11H15BrO2S/c1-7-9(12)6-8(15-7)4-5-11(2,3)10(13)14/h6H,4-5H2,1-3H3,(H,13,14). The van der Waals surface area contributed by atoms with Crippen molar-refractivity contribution < 1.29 is 9.90 Å². The van der Waals surface area contributed by atoms with Crippen molar-refractivity contribution in [3.63, 3.8) is 0 Å². The van der Waals surface area contributed by atoms with E-state index in [1.54, 1.807) is 25.2 Å². The lowest BCUT2D eigenvalue weighted by Gasteiger charge is -2.17. The number of thiophene rings is 1. The molecule has 0 aliphatic rings. The zero-order valence-corrected chi connectivity index (χ0v) is 11.5. The van der Waals surface area contributed by atoms with E-state index in [-0.39, 0.29) is 0 Å². The van der Waals surface area contributed by atoms with Gasteiger partial charge in [0.15, 0.2) is 0 Å². The van der Waals surface area contributed by atoms with E-state index < -0.39 is 11.4 Å². The van der Waals surface area contributed by atoms with Crippen LogP contribution in [0.2, 0.25) is 0 Å². The van der Waals surface area contributed by atoms with Crippen molar-refractivity contribution in [2.24, 2.45) is 5.41 Å². The molecule has 0 saturated carbocycles. The number of halogens is 1. The third-order valence-corrected chi connectivity index (χ3v) is 4.68. The molecule has 0 aliphatic heterocycles. The third kappa shape index (κ3) is 3.31. The van der Waals surface area contributed by atoms with E-state index in [0.29, 0.717) is 6.42 Å². The molecule has 0 atom stereocenters. The first-order chi connectivity index (χ1) is 6.83. The highest BCUT2D eigenvalue weighted by molar-refractivity contribution is 9.10. The van der Waals surface area contributed by atoms with Gasteiger partial charge in [-0.1, -0.05) is 0 Å². The Morgan fingerprint density at radius 1 is 1.60 bits per heavy atom. The van der Waals surface area contributed by atoms with Gasteiger partial charge in [-0.15, -0.1) is 11.3 Å². The minimum atomic E-state index is -0.727. The van der Waals surface area contributed by atoms with E-state index in [1.807, 2.05) is 0 Å². The maximum atomic E-state index is 10.9. The number of carbonyl (C=O) groups is 1. The van der Waals surface area contributed by atoms with Gasteiger partial charge in [-0.3, -0.25) is 4.79 Å². The Morgan fingerprint density at radius 3 is 2.60 bits per heavy atom. The molecule has 0 fully saturated rings. The Balaban J connectivity index is 2.61. The van der Waals surface area contributed by atoms with Crippen LogP contribution in [0.3, 0.4) is 0 Å². The number of carboxylic acid groups (broad SMARTS) is 1. The lowest BCUT2D eigenvalue weighted by Crippen LogP contribution is -2.23. The molecular weight excluding hydrogens is 276 g/mol. The highest BCUT2D eigenvalue weighted by Crippen LogP contribution is 2.30. The largest absolute Gasteiger partial charge is 0.481 e. The molecule has 0 saturated heterocycles. The quantitative estimate of drug-likeness (QED) is 0.914. The molecule has 0 radical (unpaired) electrons. The average Bonchev–Trinajstić information content (AvgIpc) is 2.43. The zero-order valence-electron chi connectivity index (χ0n) is 9.13. The summed E-state index contributed by atoms with van der Waals surface area (Å²) in [6, 6.07) is 2.08. The number of aryl methyl sites for hydroxylation is 2. The van der Waals surface area contributed by atoms with Gasteiger partial charge in [0.25, 0.3) is 0 Å². The molecule has 0 unspecified atom stereocenters. The van der Waals surface area contributed by atoms with Crippen molar-refractivity contribution in [2.45, 2.75) is 33.6 Å². The summed E-state index contributed by atoms with van der Waals surface area (Å²) in [5.74, 6) is -0.727. The molecule has 4 heteroatoms. The summed E-state index contributed by atoms with van der Waals surface area (Å²) >= 11 is 5.19. The van der Waals surface area contributed by atoms with Gasteiger partial charge in [0.05, 0.1) is 5.41 Å². The van der Waals surface area contributed by atoms with Gasteiger partial charge in [-0.2, -0.15) is 0 Å². The molecule has 1 aromatic rings. The first-order valence-electron chi connectivity index (χ1n) is 4.81. The minimum Gasteiger partial charge on any atom is -0.481 e. The fourth-order valence-corrected chi connectivity index (χ4v) is 2.78. The normalized spacial score (nSPS) is 11.7. The Kier molecular flexibility index (Phi) is 3.95. The second-order valence-electron chi connectivity index (χ2n) is 4.31. The fraction of sp³-hybridized carbons (Fsp3) is 0.545. The van der Waals surface area contributed by atoms with Crippen molar-refractivity contribution in [2.75, 3.05) is 0 Å². The number of hydrogen-bond donors (Lipinski definition) is 1. The minimum absolute atomic E-state index is 0.635. The lowest BCUT2D eigenvalue weighted by atomic mass is 9.88. The molecule has 0 bridgehead atoms. The molecule has 1 N–H and O–H groups in total. The number of hydrogen-bond acceptors (Lipinski definition) is 2. The van der Waals surface area contributed by atoms with Crippen LogP contribution in [-0.4, -0.2) is 11.1 Å². The molecule has 84 valence electrons. The Hall–Kier alpha value is -0.350. The van der Waals surface area contributed by atoms with Gasteiger partial charge in [-0.05, 0) is 55.6 Å². The third-order valence-electron chi connectivity index (χ3n) is 2.48. The van der Waals surface area contributed by atoms with Crippen LogP contribution in [0.4, 0.5) is 0 Å². The predicted octanol–water partition coefficient (Wildman–Crippen LogP) is 3.86. The van der Waals surface area contributed by atoms with Crippen LogP contribution in [0.25, 0.3) is 0 Å². The highest BCUT2D eigenvalue weighted by atomic mass is 79.9. The van der Waals surface area contributed by atoms with Gasteiger partial charge in [0.1, 0.15) is 0 Å². The van der Waals surface area contributed by atoms with Crippen LogP contribution >= 0.6 is 27.3 Å². The number of rotatable bonds is 4. The molecule has 0 aliphatic carbocycles. The molecule has 15 heavy (non-hydrogen) atoms. The average molecular weight is 291 g/mol. The second kappa shape index (κ2) is 4.66. The van der Waals surface area contributed by atoms with Gasteiger partial charge < -0.3 is 5.11 Å². The van der Waals surface area contributed by atoms with Crippen LogP contribution in [0.15, 0.2) is 10.5 Å². The van der Waals surface area contributed by atoms with E-state index in [9.17, 15) is 4.79 Å². The summed E-state index contributed by atoms with van der Waals surface area (Å²) < 4.78 is 1.12. The summed E-state index contributed by atoms with van der Waals surface area (Å²) in [6.45, 7) is 5.59. The highest BCUT2D eigenvalue weighted by Gasteiger charge is 2.26. The smallest absolute Gasteiger partial charge is 0.309 e. The van der Waals surface area contributed by atoms with Gasteiger partial charge in [-0.25, -0.2) is 0 Å². The van der Waals surface area contributed by atoms with Crippen LogP contribution in [-0.2, 0) is 11.2 Å². The van der Waals surface area contributed by atoms with Gasteiger partial charge >= 0.3 is 5.97 Å². The van der Waals surface area contributed by atoms with Crippen LogP contribution in [0, 0.1) is 12.3 Å². The van der Waals surface area contributed by atoms with E-state index in [0.717, 1.165) is 10.9 Å². The van der Waals surface area contributed by atoms with Crippen molar-refractivity contribution in [3.05, 3.63) is 20.3 Å². The van der Waals surface area contributed by atoms with E-state index in [1.165, 1.54) is 9.75 Å². The molecule has 0 spiro atoms. The number of carboxylic acids is 1. The Labute approximate surface area is 102 Å². The first kappa shape index (κ1) is 12.7. The van der Waals surface area contributed by atoms with E-state index >= 15 is 0 Å². The molecular formula is C11H15BrO2S. The lowest BCUT2D eigenvalue weighted by molar-refractivity contribution is -0.147. The maximum Gasteiger partial charge on any atom is 0.309 e. The summed E-state index contributed by atoms with van der Waals surface area (Å²) in [5.41, 5.74) is -0.635. The summed E-state index contributed by atoms with van der Waals surface area (Å²) in [5, 5.41) is 8.97. The van der Waals surface area contributed by atoms with E-state index in [4.69, 9.17) is 5.11 Å². The molecule has 1 aromatic heterocycles. The molecule has 1 heterocycles. The van der Waals surface area contributed by atoms with Crippen LogP contribution in [0.1, 0.15) is 30.0 Å². The predicted molar refractivity (Wildman–Crippen MR) is 66.5 cm³/mol. The van der Waals surface area contributed by atoms with Crippen LogP contribution < -0.4 is 0 Å². The number of aliphatic carboxylic acids is 1. The summed E-state index contributed by atoms with van der Waals surface area (Å²) in [4.78, 5) is 13.4. The van der Waals surface area contributed by atoms with Gasteiger partial charge in [0, 0.05) is 14.2 Å². The monoisotopic (exact) mass is 290 g/mol. The van der Waals surface area contributed by atoms with Crippen molar-refractivity contribution >= 4 is 33.2 Å². The molecule has 1 rings (SSSR count). The van der Waals surface area contributed by atoms with Gasteiger partial charge in [0.2, 0.25) is 0 Å². The van der Waals surface area contributed by atoms with Crippen molar-refractivity contribution in [3.8, 4) is 0 Å². The molecule has 0 amide bonds. The second-order valence-corrected chi connectivity index (χ2v) is 6.50. The summed E-state index contributed by atoms with van der Waals surface area (Å²) in [7, 11) is 0. The van der Waals surface area contributed by atoms with Crippen molar-refractivity contribution in [1.29, 1.82) is 0 Å². The maximum absolute atomic E-state index is 10.9. The van der Waals surface area contributed by atoms with Crippen molar-refractivity contribution in [1.82, 2.24) is 0 Å². The van der Waals surface area contributed by atoms with Crippen LogP contribution in [0.5, 0.6) is 0 Å².